The average Bonchev–Trinajstić information content (AvgIpc) is 1.82. The van der Waals surface area contributed by atoms with Gasteiger partial charge in [0.25, 0.3) is 0 Å². The Balaban J connectivity index is 4.78. The number of carbonyl (C=O) groups is 1. The molecule has 0 radical (unpaired) electrons. The van der Waals surface area contributed by atoms with E-state index in [1.54, 1.807) is 0 Å². The third-order valence-electron chi connectivity index (χ3n) is 1.67. The van der Waals surface area contributed by atoms with Crippen molar-refractivity contribution >= 4 is 5.97 Å². The van der Waals surface area contributed by atoms with Crippen LogP contribution in [0.4, 0.5) is 13.2 Å². The van der Waals surface area contributed by atoms with E-state index in [1.165, 1.54) is 13.8 Å². The van der Waals surface area contributed by atoms with Crippen molar-refractivity contribution < 1.29 is 23.1 Å². The zero-order chi connectivity index (χ0) is 10.8. The van der Waals surface area contributed by atoms with Gasteiger partial charge in [-0.25, -0.2) is 0 Å². The minimum atomic E-state index is -4.63. The number of aliphatic carboxylic acids is 1. The number of hydrogen-bond donors (Lipinski definition) is 1. The quantitative estimate of drug-likeness (QED) is 0.704. The van der Waals surface area contributed by atoms with Crippen molar-refractivity contribution in [1.29, 1.82) is 0 Å². The van der Waals surface area contributed by atoms with Crippen LogP contribution in [-0.2, 0) is 4.79 Å². The van der Waals surface area contributed by atoms with Crippen molar-refractivity contribution in [3.63, 3.8) is 0 Å². The summed E-state index contributed by atoms with van der Waals surface area (Å²) in [5.74, 6) is -3.66. The van der Waals surface area contributed by atoms with Gasteiger partial charge in [0.2, 0.25) is 0 Å². The summed E-state index contributed by atoms with van der Waals surface area (Å²) in [6, 6.07) is 0. The van der Waals surface area contributed by atoms with Crippen molar-refractivity contribution in [3.8, 4) is 0 Å². The number of carboxylic acid groups (broad SMARTS) is 1. The van der Waals surface area contributed by atoms with E-state index in [0.717, 1.165) is 0 Å². The molecule has 76 valence electrons. The van der Waals surface area contributed by atoms with Crippen LogP contribution in [0, 0.1) is 11.8 Å². The summed E-state index contributed by atoms with van der Waals surface area (Å²) in [5.41, 5.74) is -1.20. The molecule has 0 bridgehead atoms. The molecule has 0 aliphatic rings. The number of alkyl halides is 3. The van der Waals surface area contributed by atoms with Gasteiger partial charge in [0.15, 0.2) is 0 Å². The van der Waals surface area contributed by atoms with Crippen LogP contribution in [-0.4, -0.2) is 17.3 Å². The number of hydrogen-bond acceptors (Lipinski definition) is 1. The highest BCUT2D eigenvalue weighted by molar-refractivity contribution is 5.74. The molecule has 13 heavy (non-hydrogen) atoms. The van der Waals surface area contributed by atoms with Gasteiger partial charge in [-0.3, -0.25) is 4.79 Å². The molecular weight excluding hydrogens is 185 g/mol. The third kappa shape index (κ3) is 3.08. The van der Waals surface area contributed by atoms with Crippen LogP contribution in [0.2, 0.25) is 0 Å². The van der Waals surface area contributed by atoms with E-state index in [1.807, 2.05) is 0 Å². The molecule has 0 aromatic carbocycles. The summed E-state index contributed by atoms with van der Waals surface area (Å²) in [7, 11) is 0. The molecule has 0 heterocycles. The predicted molar refractivity (Wildman–Crippen MR) is 41.2 cm³/mol. The van der Waals surface area contributed by atoms with Crippen LogP contribution < -0.4 is 0 Å². The van der Waals surface area contributed by atoms with Gasteiger partial charge in [0.05, 0.1) is 5.92 Å². The highest BCUT2D eigenvalue weighted by atomic mass is 19.4. The predicted octanol–water partition coefficient (Wildman–Crippen LogP) is 2.46. The third-order valence-corrected chi connectivity index (χ3v) is 1.67. The summed E-state index contributed by atoms with van der Waals surface area (Å²) < 4.78 is 36.2. The lowest BCUT2D eigenvalue weighted by Crippen LogP contribution is -2.29. The first-order chi connectivity index (χ1) is 5.68. The summed E-state index contributed by atoms with van der Waals surface area (Å²) in [6.07, 6.45) is -4.63. The summed E-state index contributed by atoms with van der Waals surface area (Å²) in [4.78, 5) is 10.5. The van der Waals surface area contributed by atoms with E-state index in [0.29, 0.717) is 0 Å². The molecule has 0 fully saturated rings. The van der Waals surface area contributed by atoms with Crippen LogP contribution in [0.15, 0.2) is 12.2 Å². The molecule has 0 aliphatic carbocycles. The van der Waals surface area contributed by atoms with Crippen molar-refractivity contribution in [2.24, 2.45) is 11.8 Å². The second kappa shape index (κ2) is 3.81. The van der Waals surface area contributed by atoms with Crippen LogP contribution in [0.25, 0.3) is 0 Å². The Hall–Kier alpha value is -1.00. The molecule has 2 nitrogen and oxygen atoms in total. The van der Waals surface area contributed by atoms with Crippen LogP contribution in [0.5, 0.6) is 0 Å². The molecule has 0 aromatic heterocycles. The minimum Gasteiger partial charge on any atom is -0.481 e. The van der Waals surface area contributed by atoms with Crippen molar-refractivity contribution in [1.82, 2.24) is 0 Å². The van der Waals surface area contributed by atoms with E-state index in [2.05, 4.69) is 6.58 Å². The topological polar surface area (TPSA) is 37.3 Å². The van der Waals surface area contributed by atoms with Crippen molar-refractivity contribution in [2.45, 2.75) is 20.0 Å². The normalized spacial score (nSPS) is 14.3. The van der Waals surface area contributed by atoms with Gasteiger partial charge in [-0.15, -0.1) is 0 Å². The average molecular weight is 196 g/mol. The van der Waals surface area contributed by atoms with Gasteiger partial charge < -0.3 is 5.11 Å². The lowest BCUT2D eigenvalue weighted by Gasteiger charge is -2.20. The Morgan fingerprint density at radius 3 is 1.85 bits per heavy atom. The molecule has 0 aromatic rings. The van der Waals surface area contributed by atoms with Gasteiger partial charge >= 0.3 is 12.1 Å². The molecule has 0 saturated heterocycles. The lowest BCUT2D eigenvalue weighted by atomic mass is 9.89. The van der Waals surface area contributed by atoms with E-state index in [-0.39, 0.29) is 0 Å². The molecule has 0 saturated carbocycles. The monoisotopic (exact) mass is 196 g/mol. The Labute approximate surface area is 74.1 Å². The molecule has 0 rings (SSSR count). The first kappa shape index (κ1) is 12.0. The van der Waals surface area contributed by atoms with E-state index < -0.39 is 29.6 Å². The highest BCUT2D eigenvalue weighted by Crippen LogP contribution is 2.33. The van der Waals surface area contributed by atoms with E-state index in [9.17, 15) is 18.0 Å². The van der Waals surface area contributed by atoms with Gasteiger partial charge in [-0.2, -0.15) is 13.2 Å². The smallest absolute Gasteiger partial charge is 0.412 e. The van der Waals surface area contributed by atoms with Crippen LogP contribution in [0.3, 0.4) is 0 Å². The molecule has 1 atom stereocenters. The fourth-order valence-electron chi connectivity index (χ4n) is 1.01. The zero-order valence-corrected chi connectivity index (χ0v) is 7.35. The summed E-state index contributed by atoms with van der Waals surface area (Å²) in [6.45, 7) is 5.59. The number of carboxylic acids is 1. The van der Waals surface area contributed by atoms with E-state index in [4.69, 9.17) is 5.11 Å². The molecule has 0 amide bonds. The van der Waals surface area contributed by atoms with Crippen LogP contribution in [0.1, 0.15) is 13.8 Å². The first-order valence-corrected chi connectivity index (χ1v) is 3.66. The molecular formula is C8H11F3O2. The molecule has 0 spiro atoms. The first-order valence-electron chi connectivity index (χ1n) is 3.66. The van der Waals surface area contributed by atoms with Gasteiger partial charge in [-0.1, -0.05) is 20.4 Å². The summed E-state index contributed by atoms with van der Waals surface area (Å²) in [5, 5.41) is 8.52. The second-order valence-electron chi connectivity index (χ2n) is 3.08. The Bertz CT molecular complexity index is 218. The second-order valence-corrected chi connectivity index (χ2v) is 3.08. The van der Waals surface area contributed by atoms with Gasteiger partial charge in [-0.05, 0) is 5.92 Å². The Kier molecular flexibility index (Phi) is 3.51. The molecule has 5 heteroatoms. The fraction of sp³-hybridized carbons (Fsp3) is 0.625. The minimum absolute atomic E-state index is 0.619. The SMILES string of the molecule is C=C(C(C(=O)O)C(C)C)C(F)(F)F. The largest absolute Gasteiger partial charge is 0.481 e. The Morgan fingerprint density at radius 2 is 1.77 bits per heavy atom. The maximum Gasteiger partial charge on any atom is 0.412 e. The number of halogens is 3. The zero-order valence-electron chi connectivity index (χ0n) is 7.35. The molecule has 1 N–H and O–H groups in total. The molecule has 0 aliphatic heterocycles. The van der Waals surface area contributed by atoms with E-state index >= 15 is 0 Å². The maximum atomic E-state index is 12.1. The fourth-order valence-corrected chi connectivity index (χ4v) is 1.01. The highest BCUT2D eigenvalue weighted by Gasteiger charge is 2.41. The summed E-state index contributed by atoms with van der Waals surface area (Å²) >= 11 is 0. The number of rotatable bonds is 3. The van der Waals surface area contributed by atoms with Gasteiger partial charge in [0, 0.05) is 5.57 Å². The van der Waals surface area contributed by atoms with Crippen molar-refractivity contribution in [2.75, 3.05) is 0 Å². The van der Waals surface area contributed by atoms with Crippen LogP contribution >= 0.6 is 0 Å². The molecule has 1 unspecified atom stereocenters. The maximum absolute atomic E-state index is 12.1. The standard InChI is InChI=1S/C8H11F3O2/c1-4(2)6(7(12)13)5(3)8(9,10)11/h4,6H,3H2,1-2H3,(H,12,13). The lowest BCUT2D eigenvalue weighted by molar-refractivity contribution is -0.147. The van der Waals surface area contributed by atoms with Gasteiger partial charge in [0.1, 0.15) is 0 Å². The Morgan fingerprint density at radius 1 is 1.38 bits per heavy atom. The van der Waals surface area contributed by atoms with Crippen molar-refractivity contribution in [3.05, 3.63) is 12.2 Å².